The van der Waals surface area contributed by atoms with Crippen LogP contribution in [0.5, 0.6) is 5.75 Å². The highest BCUT2D eigenvalue weighted by molar-refractivity contribution is 5.97. The molecule has 1 amide bonds. The predicted molar refractivity (Wildman–Crippen MR) is 61.6 cm³/mol. The second-order valence-electron chi connectivity index (χ2n) is 4.55. The fourth-order valence-corrected chi connectivity index (χ4v) is 2.33. The lowest BCUT2D eigenvalue weighted by Gasteiger charge is -2.35. The molecule has 1 saturated carbocycles. The lowest BCUT2D eigenvalue weighted by atomic mass is 9.84. The van der Waals surface area contributed by atoms with E-state index in [4.69, 9.17) is 4.74 Å². The van der Waals surface area contributed by atoms with Crippen LogP contribution in [0, 0.1) is 11.7 Å². The summed E-state index contributed by atoms with van der Waals surface area (Å²) >= 11 is 0. The molecule has 0 radical (unpaired) electrons. The third-order valence-corrected chi connectivity index (χ3v) is 3.51. The Hall–Kier alpha value is -1.58. The minimum absolute atomic E-state index is 0.0471. The van der Waals surface area contributed by atoms with Crippen molar-refractivity contribution in [3.05, 3.63) is 24.0 Å². The molecule has 0 atom stereocenters. The van der Waals surface area contributed by atoms with Crippen molar-refractivity contribution in [2.24, 2.45) is 5.92 Å². The minimum Gasteiger partial charge on any atom is -0.489 e. The lowest BCUT2D eigenvalue weighted by molar-refractivity contribution is -0.125. The van der Waals surface area contributed by atoms with Gasteiger partial charge >= 0.3 is 0 Å². The maximum Gasteiger partial charge on any atom is 0.230 e. The maximum absolute atomic E-state index is 13.8. The molecule has 1 aromatic rings. The van der Waals surface area contributed by atoms with Gasteiger partial charge in [0, 0.05) is 5.92 Å². The number of carbonyl (C=O) groups is 1. The zero-order chi connectivity index (χ0) is 11.8. The Kier molecular flexibility index (Phi) is 2.50. The number of carbonyl (C=O) groups excluding carboxylic acids is 1. The first-order valence-corrected chi connectivity index (χ1v) is 6.00. The SMILES string of the molecule is O=C(C1CCC1)N1CCOc2cccc(F)c21. The van der Waals surface area contributed by atoms with Crippen LogP contribution in [0.25, 0.3) is 0 Å². The molecule has 1 aromatic carbocycles. The molecule has 4 heteroatoms. The van der Waals surface area contributed by atoms with Crippen molar-refractivity contribution in [3.63, 3.8) is 0 Å². The molecule has 90 valence electrons. The van der Waals surface area contributed by atoms with Crippen molar-refractivity contribution >= 4 is 11.6 Å². The number of hydrogen-bond acceptors (Lipinski definition) is 2. The zero-order valence-electron chi connectivity index (χ0n) is 9.49. The monoisotopic (exact) mass is 235 g/mol. The molecule has 3 rings (SSSR count). The van der Waals surface area contributed by atoms with Crippen LogP contribution in [0.4, 0.5) is 10.1 Å². The molecular formula is C13H14FNO2. The number of hydrogen-bond donors (Lipinski definition) is 0. The van der Waals surface area contributed by atoms with Crippen molar-refractivity contribution in [1.82, 2.24) is 0 Å². The molecule has 2 aliphatic rings. The smallest absolute Gasteiger partial charge is 0.230 e. The molecule has 1 heterocycles. The van der Waals surface area contributed by atoms with Gasteiger partial charge in [0.15, 0.2) is 5.82 Å². The molecule has 0 aromatic heterocycles. The van der Waals surface area contributed by atoms with E-state index in [0.717, 1.165) is 19.3 Å². The van der Waals surface area contributed by atoms with Crippen LogP contribution in [-0.4, -0.2) is 19.1 Å². The Morgan fingerprint density at radius 1 is 1.41 bits per heavy atom. The summed E-state index contributed by atoms with van der Waals surface area (Å²) in [5, 5.41) is 0. The van der Waals surface area contributed by atoms with Crippen LogP contribution >= 0.6 is 0 Å². The Morgan fingerprint density at radius 2 is 2.24 bits per heavy atom. The van der Waals surface area contributed by atoms with Gasteiger partial charge in [-0.05, 0) is 25.0 Å². The van der Waals surface area contributed by atoms with E-state index in [9.17, 15) is 9.18 Å². The molecule has 1 fully saturated rings. The highest BCUT2D eigenvalue weighted by Gasteiger charge is 2.34. The van der Waals surface area contributed by atoms with Crippen LogP contribution in [0.15, 0.2) is 18.2 Å². The van der Waals surface area contributed by atoms with Gasteiger partial charge < -0.3 is 9.64 Å². The number of halogens is 1. The fraction of sp³-hybridized carbons (Fsp3) is 0.462. The van der Waals surface area contributed by atoms with Crippen LogP contribution in [0.2, 0.25) is 0 Å². The number of nitrogens with zero attached hydrogens (tertiary/aromatic N) is 1. The van der Waals surface area contributed by atoms with Crippen molar-refractivity contribution in [3.8, 4) is 5.75 Å². The summed E-state index contributed by atoms with van der Waals surface area (Å²) in [4.78, 5) is 13.8. The summed E-state index contributed by atoms with van der Waals surface area (Å²) in [6.45, 7) is 0.887. The maximum atomic E-state index is 13.8. The Balaban J connectivity index is 1.95. The first kappa shape index (κ1) is 10.6. The average Bonchev–Trinajstić information content (AvgIpc) is 2.26. The van der Waals surface area contributed by atoms with E-state index >= 15 is 0 Å². The highest BCUT2D eigenvalue weighted by Crippen LogP contribution is 2.37. The standard InChI is InChI=1S/C13H14FNO2/c14-10-5-2-6-11-12(10)15(7-8-17-11)13(16)9-3-1-4-9/h2,5-6,9H,1,3-4,7-8H2. The third-order valence-electron chi connectivity index (χ3n) is 3.51. The quantitative estimate of drug-likeness (QED) is 0.747. The number of para-hydroxylation sites is 1. The number of anilines is 1. The highest BCUT2D eigenvalue weighted by atomic mass is 19.1. The van der Waals surface area contributed by atoms with Gasteiger partial charge in [-0.2, -0.15) is 0 Å². The summed E-state index contributed by atoms with van der Waals surface area (Å²) in [5.41, 5.74) is 0.315. The number of rotatable bonds is 1. The largest absolute Gasteiger partial charge is 0.489 e. The van der Waals surface area contributed by atoms with E-state index in [-0.39, 0.29) is 17.6 Å². The first-order valence-electron chi connectivity index (χ1n) is 6.00. The van der Waals surface area contributed by atoms with Gasteiger partial charge in [-0.1, -0.05) is 12.5 Å². The second kappa shape index (κ2) is 4.02. The Bertz CT molecular complexity index is 457. The first-order chi connectivity index (χ1) is 8.27. The summed E-state index contributed by atoms with van der Waals surface area (Å²) in [7, 11) is 0. The van der Waals surface area contributed by atoms with E-state index in [1.54, 1.807) is 17.0 Å². The Labute approximate surface area is 99.2 Å². The third kappa shape index (κ3) is 1.68. The summed E-state index contributed by atoms with van der Waals surface area (Å²) in [5.74, 6) is 0.227. The molecule has 0 bridgehead atoms. The van der Waals surface area contributed by atoms with Crippen molar-refractivity contribution in [1.29, 1.82) is 0 Å². The average molecular weight is 235 g/mol. The molecule has 1 aliphatic carbocycles. The van der Waals surface area contributed by atoms with Gasteiger partial charge in [0.1, 0.15) is 18.0 Å². The molecule has 3 nitrogen and oxygen atoms in total. The molecule has 0 spiro atoms. The number of fused-ring (bicyclic) bond motifs is 1. The van der Waals surface area contributed by atoms with Crippen LogP contribution < -0.4 is 9.64 Å². The number of amides is 1. The normalized spacial score (nSPS) is 19.2. The van der Waals surface area contributed by atoms with E-state index in [1.807, 2.05) is 0 Å². The van der Waals surface area contributed by atoms with Crippen LogP contribution in [0.1, 0.15) is 19.3 Å². The molecule has 0 saturated heterocycles. The molecule has 1 aliphatic heterocycles. The van der Waals surface area contributed by atoms with Crippen LogP contribution in [-0.2, 0) is 4.79 Å². The fourth-order valence-electron chi connectivity index (χ4n) is 2.33. The second-order valence-corrected chi connectivity index (χ2v) is 4.55. The van der Waals surface area contributed by atoms with E-state index in [2.05, 4.69) is 0 Å². The van der Waals surface area contributed by atoms with Crippen molar-refractivity contribution in [2.75, 3.05) is 18.1 Å². The van der Waals surface area contributed by atoms with E-state index in [1.165, 1.54) is 6.07 Å². The Morgan fingerprint density at radius 3 is 2.94 bits per heavy atom. The minimum atomic E-state index is -0.380. The zero-order valence-corrected chi connectivity index (χ0v) is 9.49. The molecule has 17 heavy (non-hydrogen) atoms. The predicted octanol–water partition coefficient (Wildman–Crippen LogP) is 2.35. The topological polar surface area (TPSA) is 29.5 Å². The van der Waals surface area contributed by atoms with Crippen LogP contribution in [0.3, 0.4) is 0 Å². The van der Waals surface area contributed by atoms with E-state index in [0.29, 0.717) is 24.6 Å². The summed E-state index contributed by atoms with van der Waals surface area (Å²) in [6.07, 6.45) is 2.96. The van der Waals surface area contributed by atoms with E-state index < -0.39 is 0 Å². The van der Waals surface area contributed by atoms with Crippen molar-refractivity contribution in [2.45, 2.75) is 19.3 Å². The molecule has 0 N–H and O–H groups in total. The lowest BCUT2D eigenvalue weighted by Crippen LogP contribution is -2.43. The molecule has 0 unspecified atom stereocenters. The number of benzene rings is 1. The molecular weight excluding hydrogens is 221 g/mol. The summed E-state index contributed by atoms with van der Waals surface area (Å²) < 4.78 is 19.2. The summed E-state index contributed by atoms with van der Waals surface area (Å²) in [6, 6.07) is 4.68. The van der Waals surface area contributed by atoms with Gasteiger partial charge in [-0.15, -0.1) is 0 Å². The van der Waals surface area contributed by atoms with Gasteiger partial charge in [0.25, 0.3) is 0 Å². The van der Waals surface area contributed by atoms with Gasteiger partial charge in [-0.3, -0.25) is 4.79 Å². The van der Waals surface area contributed by atoms with Gasteiger partial charge in [0.2, 0.25) is 5.91 Å². The van der Waals surface area contributed by atoms with Crippen molar-refractivity contribution < 1.29 is 13.9 Å². The number of ether oxygens (including phenoxy) is 1. The van der Waals surface area contributed by atoms with Gasteiger partial charge in [-0.25, -0.2) is 4.39 Å². The van der Waals surface area contributed by atoms with Gasteiger partial charge in [0.05, 0.1) is 6.54 Å².